The molecule has 0 amide bonds. The zero-order chi connectivity index (χ0) is 7.99. The van der Waals surface area contributed by atoms with Gasteiger partial charge in [0, 0.05) is 6.42 Å². The third-order valence-electron chi connectivity index (χ3n) is 1.63. The Hall–Kier alpha value is -0.320. The lowest BCUT2D eigenvalue weighted by atomic mass is 10.2. The molecule has 1 saturated carbocycles. The van der Waals surface area contributed by atoms with Gasteiger partial charge in [-0.15, -0.1) is 0 Å². The molecule has 0 aromatic heterocycles. The zero-order valence-corrected chi connectivity index (χ0v) is 4.95. The summed E-state index contributed by atoms with van der Waals surface area (Å²) in [5.41, 5.74) is 0. The van der Waals surface area contributed by atoms with Crippen LogP contribution in [0, 0.1) is 0 Å². The standard InChI is InChI=1S/C5H6F4O/c6-3-1-2-4(7,10)5(3,8)9/h3,10H,1-2H2. The highest BCUT2D eigenvalue weighted by Crippen LogP contribution is 2.46. The van der Waals surface area contributed by atoms with E-state index in [9.17, 15) is 17.6 Å². The number of aliphatic hydroxyl groups is 1. The maximum atomic E-state index is 12.2. The summed E-state index contributed by atoms with van der Waals surface area (Å²) in [5.74, 6) is -7.88. The molecule has 1 fully saturated rings. The van der Waals surface area contributed by atoms with Crippen LogP contribution in [0.15, 0.2) is 0 Å². The lowest BCUT2D eigenvalue weighted by molar-refractivity contribution is -0.247. The van der Waals surface area contributed by atoms with Gasteiger partial charge in [0.05, 0.1) is 0 Å². The molecule has 0 heterocycles. The minimum atomic E-state index is -4.23. The van der Waals surface area contributed by atoms with Crippen molar-refractivity contribution in [1.82, 2.24) is 0 Å². The summed E-state index contributed by atoms with van der Waals surface area (Å²) in [6.07, 6.45) is -4.01. The summed E-state index contributed by atoms with van der Waals surface area (Å²) in [4.78, 5) is 0. The van der Waals surface area contributed by atoms with E-state index in [1.54, 1.807) is 0 Å². The predicted molar refractivity (Wildman–Crippen MR) is 25.1 cm³/mol. The molecule has 1 rings (SSSR count). The van der Waals surface area contributed by atoms with E-state index in [4.69, 9.17) is 5.11 Å². The van der Waals surface area contributed by atoms with Crippen LogP contribution in [0.5, 0.6) is 0 Å². The molecule has 60 valence electrons. The van der Waals surface area contributed by atoms with Gasteiger partial charge in [0.2, 0.25) is 0 Å². The Kier molecular flexibility index (Phi) is 1.43. The molecule has 1 nitrogen and oxygen atoms in total. The van der Waals surface area contributed by atoms with Gasteiger partial charge in [0.1, 0.15) is 0 Å². The number of halogens is 4. The molecule has 0 bridgehead atoms. The van der Waals surface area contributed by atoms with E-state index in [1.807, 2.05) is 0 Å². The molecule has 0 aromatic rings. The Balaban J connectivity index is 2.84. The van der Waals surface area contributed by atoms with E-state index < -0.39 is 30.8 Å². The van der Waals surface area contributed by atoms with Crippen molar-refractivity contribution < 1.29 is 22.7 Å². The zero-order valence-electron chi connectivity index (χ0n) is 4.95. The predicted octanol–water partition coefficient (Wildman–Crippen LogP) is 1.41. The molecule has 5 heteroatoms. The van der Waals surface area contributed by atoms with Crippen LogP contribution in [-0.4, -0.2) is 23.1 Å². The molecule has 0 aromatic carbocycles. The van der Waals surface area contributed by atoms with Crippen LogP contribution in [0.4, 0.5) is 17.6 Å². The van der Waals surface area contributed by atoms with Crippen molar-refractivity contribution in [1.29, 1.82) is 0 Å². The average molecular weight is 158 g/mol. The van der Waals surface area contributed by atoms with Crippen LogP contribution in [0.1, 0.15) is 12.8 Å². The summed E-state index contributed by atoms with van der Waals surface area (Å²) < 4.78 is 48.5. The summed E-state index contributed by atoms with van der Waals surface area (Å²) in [5, 5.41) is 8.24. The normalized spacial score (nSPS) is 45.9. The smallest absolute Gasteiger partial charge is 0.335 e. The molecule has 0 aliphatic heterocycles. The highest BCUT2D eigenvalue weighted by Gasteiger charge is 2.64. The average Bonchev–Trinajstić information content (AvgIpc) is 1.94. The van der Waals surface area contributed by atoms with Crippen LogP contribution >= 0.6 is 0 Å². The molecule has 10 heavy (non-hydrogen) atoms. The Morgan fingerprint density at radius 3 is 1.90 bits per heavy atom. The van der Waals surface area contributed by atoms with E-state index in [0.29, 0.717) is 0 Å². The van der Waals surface area contributed by atoms with Crippen molar-refractivity contribution in [2.45, 2.75) is 30.8 Å². The van der Waals surface area contributed by atoms with Gasteiger partial charge in [-0.05, 0) is 6.42 Å². The van der Waals surface area contributed by atoms with Crippen molar-refractivity contribution in [2.24, 2.45) is 0 Å². The van der Waals surface area contributed by atoms with Crippen molar-refractivity contribution in [3.63, 3.8) is 0 Å². The van der Waals surface area contributed by atoms with Gasteiger partial charge in [0.25, 0.3) is 5.85 Å². The molecule has 0 spiro atoms. The van der Waals surface area contributed by atoms with E-state index in [1.165, 1.54) is 0 Å². The SMILES string of the molecule is OC1(F)CCC(F)C1(F)F. The fourth-order valence-corrected chi connectivity index (χ4v) is 0.906. The molecule has 1 aliphatic rings. The fourth-order valence-electron chi connectivity index (χ4n) is 0.906. The van der Waals surface area contributed by atoms with Crippen LogP contribution in [0.2, 0.25) is 0 Å². The second-order valence-electron chi connectivity index (χ2n) is 2.39. The van der Waals surface area contributed by atoms with E-state index in [2.05, 4.69) is 0 Å². The molecule has 0 radical (unpaired) electrons. The fraction of sp³-hybridized carbons (Fsp3) is 1.00. The number of rotatable bonds is 0. The van der Waals surface area contributed by atoms with Gasteiger partial charge < -0.3 is 5.11 Å². The van der Waals surface area contributed by atoms with E-state index >= 15 is 0 Å². The molecule has 2 unspecified atom stereocenters. The van der Waals surface area contributed by atoms with Gasteiger partial charge in [0.15, 0.2) is 6.17 Å². The number of alkyl halides is 4. The second kappa shape index (κ2) is 1.84. The molecule has 0 saturated heterocycles. The minimum Gasteiger partial charge on any atom is -0.357 e. The Morgan fingerprint density at radius 1 is 1.30 bits per heavy atom. The third kappa shape index (κ3) is 0.801. The first kappa shape index (κ1) is 7.78. The first-order valence-corrected chi connectivity index (χ1v) is 2.81. The monoisotopic (exact) mass is 158 g/mol. The van der Waals surface area contributed by atoms with E-state index in [-0.39, 0.29) is 0 Å². The summed E-state index contributed by atoms with van der Waals surface area (Å²) in [6, 6.07) is 0. The van der Waals surface area contributed by atoms with Crippen molar-refractivity contribution in [2.75, 3.05) is 0 Å². The maximum absolute atomic E-state index is 12.2. The summed E-state index contributed by atoms with van der Waals surface area (Å²) in [7, 11) is 0. The topological polar surface area (TPSA) is 20.2 Å². The summed E-state index contributed by atoms with van der Waals surface area (Å²) >= 11 is 0. The first-order chi connectivity index (χ1) is 4.38. The van der Waals surface area contributed by atoms with Crippen molar-refractivity contribution in [3.8, 4) is 0 Å². The molecular weight excluding hydrogens is 152 g/mol. The largest absolute Gasteiger partial charge is 0.357 e. The van der Waals surface area contributed by atoms with Gasteiger partial charge in [-0.2, -0.15) is 8.78 Å². The van der Waals surface area contributed by atoms with Crippen LogP contribution in [0.3, 0.4) is 0 Å². The van der Waals surface area contributed by atoms with Crippen LogP contribution < -0.4 is 0 Å². The second-order valence-corrected chi connectivity index (χ2v) is 2.39. The summed E-state index contributed by atoms with van der Waals surface area (Å²) in [6.45, 7) is 0. The Labute approximate surface area is 54.6 Å². The highest BCUT2D eigenvalue weighted by molar-refractivity contribution is 4.97. The number of hydrogen-bond donors (Lipinski definition) is 1. The molecule has 1 N–H and O–H groups in total. The lowest BCUT2D eigenvalue weighted by Gasteiger charge is -2.21. The van der Waals surface area contributed by atoms with Gasteiger partial charge >= 0.3 is 5.92 Å². The van der Waals surface area contributed by atoms with Gasteiger partial charge in [-0.3, -0.25) is 0 Å². The van der Waals surface area contributed by atoms with Crippen molar-refractivity contribution >= 4 is 0 Å². The molecular formula is C5H6F4O. The molecule has 2 atom stereocenters. The highest BCUT2D eigenvalue weighted by atomic mass is 19.3. The lowest BCUT2D eigenvalue weighted by Crippen LogP contribution is -2.43. The quantitative estimate of drug-likeness (QED) is 0.528. The van der Waals surface area contributed by atoms with Crippen LogP contribution in [0.25, 0.3) is 0 Å². The molecule has 1 aliphatic carbocycles. The van der Waals surface area contributed by atoms with Gasteiger partial charge in [-0.1, -0.05) is 0 Å². The Bertz CT molecular complexity index is 145. The van der Waals surface area contributed by atoms with Crippen LogP contribution in [-0.2, 0) is 0 Å². The minimum absolute atomic E-state index is 0.625. The third-order valence-corrected chi connectivity index (χ3v) is 1.63. The maximum Gasteiger partial charge on any atom is 0.335 e. The van der Waals surface area contributed by atoms with Crippen molar-refractivity contribution in [3.05, 3.63) is 0 Å². The first-order valence-electron chi connectivity index (χ1n) is 2.81. The Morgan fingerprint density at radius 2 is 1.80 bits per heavy atom. The van der Waals surface area contributed by atoms with Gasteiger partial charge in [-0.25, -0.2) is 8.78 Å². The van der Waals surface area contributed by atoms with E-state index in [0.717, 1.165) is 0 Å². The number of hydrogen-bond acceptors (Lipinski definition) is 1.